The maximum atomic E-state index is 13.0. The van der Waals surface area contributed by atoms with Crippen LogP contribution in [0.1, 0.15) is 46.7 Å². The normalized spacial score (nSPS) is 20.3. The van der Waals surface area contributed by atoms with Gasteiger partial charge in [0.15, 0.2) is 0 Å². The number of aryl methyl sites for hydroxylation is 1. The largest absolute Gasteiger partial charge is 0.356 e. The summed E-state index contributed by atoms with van der Waals surface area (Å²) in [5.41, 5.74) is 3.39. The Bertz CT molecular complexity index is 752. The van der Waals surface area contributed by atoms with E-state index in [-0.39, 0.29) is 5.91 Å². The average molecular weight is 335 g/mol. The molecule has 0 aliphatic carbocycles. The molecule has 0 spiro atoms. The van der Waals surface area contributed by atoms with Crippen LogP contribution in [0.5, 0.6) is 0 Å². The zero-order valence-corrected chi connectivity index (χ0v) is 14.8. The van der Waals surface area contributed by atoms with E-state index in [9.17, 15) is 4.79 Å². The first-order chi connectivity index (χ1) is 12.2. The number of piperidine rings is 1. The standard InChI is InChI=1S/C21H25N3O/c1-16-5-7-17(8-6-16)19-4-2-11-24(15-19)21(25)18-9-10-22-20(14-18)23-12-3-13-23/h5-10,14,19H,2-4,11-13,15H2,1H3/t19-/m1/s1. The molecule has 130 valence electrons. The van der Waals surface area contributed by atoms with E-state index in [1.54, 1.807) is 6.20 Å². The number of carbonyl (C=O) groups excluding carboxylic acids is 1. The number of likely N-dealkylation sites (tertiary alicyclic amines) is 1. The van der Waals surface area contributed by atoms with Crippen LogP contribution in [-0.4, -0.2) is 42.0 Å². The monoisotopic (exact) mass is 335 g/mol. The fraction of sp³-hybridized carbons (Fsp3) is 0.429. The van der Waals surface area contributed by atoms with Gasteiger partial charge in [0.2, 0.25) is 0 Å². The molecule has 2 fully saturated rings. The summed E-state index contributed by atoms with van der Waals surface area (Å²) < 4.78 is 0. The van der Waals surface area contributed by atoms with Gasteiger partial charge in [0, 0.05) is 43.9 Å². The number of aromatic nitrogens is 1. The lowest BCUT2D eigenvalue weighted by Gasteiger charge is -2.34. The van der Waals surface area contributed by atoms with Crippen molar-refractivity contribution >= 4 is 11.7 Å². The first-order valence-electron chi connectivity index (χ1n) is 9.27. The highest BCUT2D eigenvalue weighted by Crippen LogP contribution is 2.28. The number of anilines is 1. The molecule has 0 unspecified atom stereocenters. The van der Waals surface area contributed by atoms with Crippen molar-refractivity contribution in [1.29, 1.82) is 0 Å². The van der Waals surface area contributed by atoms with Gasteiger partial charge in [-0.3, -0.25) is 4.79 Å². The second kappa shape index (κ2) is 6.87. The summed E-state index contributed by atoms with van der Waals surface area (Å²) in [6, 6.07) is 12.6. The quantitative estimate of drug-likeness (QED) is 0.859. The second-order valence-corrected chi connectivity index (χ2v) is 7.24. The predicted octanol–water partition coefficient (Wildman–Crippen LogP) is 3.62. The van der Waals surface area contributed by atoms with Crippen LogP contribution in [-0.2, 0) is 0 Å². The van der Waals surface area contributed by atoms with Gasteiger partial charge in [-0.1, -0.05) is 29.8 Å². The van der Waals surface area contributed by atoms with E-state index in [4.69, 9.17) is 0 Å². The lowest BCUT2D eigenvalue weighted by molar-refractivity contribution is 0.0707. The fourth-order valence-electron chi connectivity index (χ4n) is 3.72. The van der Waals surface area contributed by atoms with Gasteiger partial charge in [-0.2, -0.15) is 0 Å². The number of amides is 1. The molecule has 0 radical (unpaired) electrons. The van der Waals surface area contributed by atoms with Crippen molar-refractivity contribution < 1.29 is 4.79 Å². The highest BCUT2D eigenvalue weighted by atomic mass is 16.2. The molecule has 0 bridgehead atoms. The molecule has 1 aromatic carbocycles. The van der Waals surface area contributed by atoms with Gasteiger partial charge in [0.1, 0.15) is 5.82 Å². The molecule has 0 saturated carbocycles. The van der Waals surface area contributed by atoms with Crippen LogP contribution in [0.3, 0.4) is 0 Å². The minimum atomic E-state index is 0.140. The van der Waals surface area contributed by atoms with Crippen molar-refractivity contribution in [2.24, 2.45) is 0 Å². The zero-order chi connectivity index (χ0) is 17.2. The third kappa shape index (κ3) is 3.39. The van der Waals surface area contributed by atoms with Crippen LogP contribution in [0.25, 0.3) is 0 Å². The van der Waals surface area contributed by atoms with Gasteiger partial charge in [0.05, 0.1) is 0 Å². The molecule has 1 aromatic heterocycles. The van der Waals surface area contributed by atoms with E-state index in [1.807, 2.05) is 17.0 Å². The molecular formula is C21H25N3O. The van der Waals surface area contributed by atoms with Crippen LogP contribution in [0.15, 0.2) is 42.6 Å². The van der Waals surface area contributed by atoms with Crippen LogP contribution < -0.4 is 4.90 Å². The van der Waals surface area contributed by atoms with Gasteiger partial charge in [0.25, 0.3) is 5.91 Å². The lowest BCUT2D eigenvalue weighted by Crippen LogP contribution is -2.40. The molecule has 1 amide bonds. The van der Waals surface area contributed by atoms with Gasteiger partial charge in [-0.15, -0.1) is 0 Å². The maximum Gasteiger partial charge on any atom is 0.254 e. The summed E-state index contributed by atoms with van der Waals surface area (Å²) in [6.45, 7) is 5.86. The molecule has 25 heavy (non-hydrogen) atoms. The van der Waals surface area contributed by atoms with Gasteiger partial charge < -0.3 is 9.80 Å². The number of carbonyl (C=O) groups is 1. The zero-order valence-electron chi connectivity index (χ0n) is 14.8. The number of pyridine rings is 1. The fourth-order valence-corrected chi connectivity index (χ4v) is 3.72. The summed E-state index contributed by atoms with van der Waals surface area (Å²) in [4.78, 5) is 21.6. The first kappa shape index (κ1) is 16.1. The average Bonchev–Trinajstić information content (AvgIpc) is 2.61. The van der Waals surface area contributed by atoms with Crippen molar-refractivity contribution in [1.82, 2.24) is 9.88 Å². The molecule has 0 N–H and O–H groups in total. The number of rotatable bonds is 3. The molecule has 4 rings (SSSR count). The Morgan fingerprint density at radius 1 is 1.08 bits per heavy atom. The Morgan fingerprint density at radius 3 is 2.60 bits per heavy atom. The van der Waals surface area contributed by atoms with Gasteiger partial charge in [-0.05, 0) is 43.9 Å². The number of benzene rings is 1. The lowest BCUT2D eigenvalue weighted by atomic mass is 9.90. The summed E-state index contributed by atoms with van der Waals surface area (Å²) in [5, 5.41) is 0. The first-order valence-corrected chi connectivity index (χ1v) is 9.27. The molecular weight excluding hydrogens is 310 g/mol. The topological polar surface area (TPSA) is 36.4 Å². The summed E-state index contributed by atoms with van der Waals surface area (Å²) in [6.07, 6.45) is 5.20. The van der Waals surface area contributed by atoms with E-state index in [2.05, 4.69) is 41.1 Å². The van der Waals surface area contributed by atoms with E-state index in [0.717, 1.165) is 50.4 Å². The Kier molecular flexibility index (Phi) is 4.43. The van der Waals surface area contributed by atoms with E-state index >= 15 is 0 Å². The second-order valence-electron chi connectivity index (χ2n) is 7.24. The minimum Gasteiger partial charge on any atom is -0.356 e. The SMILES string of the molecule is Cc1ccc([C@@H]2CCCN(C(=O)c3ccnc(N4CCC4)c3)C2)cc1. The third-order valence-corrected chi connectivity index (χ3v) is 5.43. The Hall–Kier alpha value is -2.36. The Balaban J connectivity index is 1.49. The number of nitrogens with zero attached hydrogens (tertiary/aromatic N) is 3. The van der Waals surface area contributed by atoms with Gasteiger partial charge >= 0.3 is 0 Å². The Morgan fingerprint density at radius 2 is 1.88 bits per heavy atom. The van der Waals surface area contributed by atoms with Crippen LogP contribution >= 0.6 is 0 Å². The van der Waals surface area contributed by atoms with Crippen LogP contribution in [0, 0.1) is 6.92 Å². The van der Waals surface area contributed by atoms with E-state index in [0.29, 0.717) is 5.92 Å². The van der Waals surface area contributed by atoms with Crippen molar-refractivity contribution in [3.63, 3.8) is 0 Å². The predicted molar refractivity (Wildman–Crippen MR) is 100 cm³/mol. The molecule has 1 atom stereocenters. The van der Waals surface area contributed by atoms with E-state index < -0.39 is 0 Å². The summed E-state index contributed by atoms with van der Waals surface area (Å²) in [7, 11) is 0. The molecule has 2 saturated heterocycles. The third-order valence-electron chi connectivity index (χ3n) is 5.43. The highest BCUT2D eigenvalue weighted by molar-refractivity contribution is 5.95. The van der Waals surface area contributed by atoms with Crippen LogP contribution in [0.4, 0.5) is 5.82 Å². The molecule has 2 aliphatic heterocycles. The summed E-state index contributed by atoms with van der Waals surface area (Å²) in [5.74, 6) is 1.51. The summed E-state index contributed by atoms with van der Waals surface area (Å²) >= 11 is 0. The van der Waals surface area contributed by atoms with Crippen molar-refractivity contribution in [2.75, 3.05) is 31.1 Å². The molecule has 3 heterocycles. The van der Waals surface area contributed by atoms with Crippen molar-refractivity contribution in [2.45, 2.75) is 32.1 Å². The minimum absolute atomic E-state index is 0.140. The molecule has 2 aliphatic rings. The van der Waals surface area contributed by atoms with Crippen LogP contribution in [0.2, 0.25) is 0 Å². The molecule has 2 aromatic rings. The molecule has 4 nitrogen and oxygen atoms in total. The number of hydrogen-bond donors (Lipinski definition) is 0. The highest BCUT2D eigenvalue weighted by Gasteiger charge is 2.26. The Labute approximate surface area is 149 Å². The maximum absolute atomic E-state index is 13.0. The smallest absolute Gasteiger partial charge is 0.254 e. The van der Waals surface area contributed by atoms with Crippen molar-refractivity contribution in [3.05, 3.63) is 59.3 Å². The molecule has 4 heteroatoms. The number of hydrogen-bond acceptors (Lipinski definition) is 3. The van der Waals surface area contributed by atoms with Crippen molar-refractivity contribution in [3.8, 4) is 0 Å². The van der Waals surface area contributed by atoms with Gasteiger partial charge in [-0.25, -0.2) is 4.98 Å². The van der Waals surface area contributed by atoms with E-state index in [1.165, 1.54) is 17.5 Å².